The van der Waals surface area contributed by atoms with E-state index in [2.05, 4.69) is 176 Å². The Morgan fingerprint density at radius 2 is 0.925 bits per heavy atom. The SMILES string of the molecule is c1ccc(-c2c3ccccc3c(-c3nc(-c4ccc5ccccc5c4)nc(-c4cc5ccccc5c5ccccc45)n3)c3c2sc2ccccc23)cc1. The maximum atomic E-state index is 5.49. The minimum atomic E-state index is 0.650. The summed E-state index contributed by atoms with van der Waals surface area (Å²) in [5, 5.41) is 11.7. The molecule has 3 nitrogen and oxygen atoms in total. The summed E-state index contributed by atoms with van der Waals surface area (Å²) in [7, 11) is 0. The lowest BCUT2D eigenvalue weighted by atomic mass is 9.91. The number of benzene rings is 9. The summed E-state index contributed by atoms with van der Waals surface area (Å²) in [4.78, 5) is 16.2. The number of hydrogen-bond acceptors (Lipinski definition) is 4. The molecule has 246 valence electrons. The zero-order chi connectivity index (χ0) is 34.9. The summed E-state index contributed by atoms with van der Waals surface area (Å²) < 4.78 is 2.47. The molecule has 2 aromatic heterocycles. The van der Waals surface area contributed by atoms with E-state index < -0.39 is 0 Å². The Kier molecular flexibility index (Phi) is 6.73. The fraction of sp³-hybridized carbons (Fsp3) is 0. The first kappa shape index (κ1) is 29.9. The monoisotopic (exact) mass is 691 g/mol. The smallest absolute Gasteiger partial charge is 0.165 e. The maximum Gasteiger partial charge on any atom is 0.165 e. The Balaban J connectivity index is 1.29. The third-order valence-electron chi connectivity index (χ3n) is 10.5. The predicted molar refractivity (Wildman–Crippen MR) is 224 cm³/mol. The molecule has 0 aliphatic heterocycles. The third-order valence-corrected chi connectivity index (χ3v) is 11.7. The van der Waals surface area contributed by atoms with Crippen molar-refractivity contribution in [1.29, 1.82) is 0 Å². The highest BCUT2D eigenvalue weighted by Gasteiger charge is 2.24. The van der Waals surface area contributed by atoms with Crippen LogP contribution in [0.4, 0.5) is 0 Å². The van der Waals surface area contributed by atoms with Gasteiger partial charge in [0.25, 0.3) is 0 Å². The summed E-state index contributed by atoms with van der Waals surface area (Å²) in [6, 6.07) is 62.6. The Hall–Kier alpha value is -6.75. The first-order valence-corrected chi connectivity index (χ1v) is 18.7. The highest BCUT2D eigenvalue weighted by Crippen LogP contribution is 2.49. The summed E-state index contributed by atoms with van der Waals surface area (Å²) in [5.41, 5.74) is 5.41. The molecule has 0 atom stereocenters. The molecule has 0 saturated carbocycles. The van der Waals surface area contributed by atoms with E-state index in [1.54, 1.807) is 0 Å². The zero-order valence-corrected chi connectivity index (χ0v) is 29.3. The highest BCUT2D eigenvalue weighted by atomic mass is 32.1. The van der Waals surface area contributed by atoms with Gasteiger partial charge in [-0.25, -0.2) is 15.0 Å². The van der Waals surface area contributed by atoms with E-state index in [0.717, 1.165) is 38.2 Å². The topological polar surface area (TPSA) is 38.7 Å². The Labute approximate surface area is 309 Å². The lowest BCUT2D eigenvalue weighted by Crippen LogP contribution is -2.02. The molecule has 0 bridgehead atoms. The van der Waals surface area contributed by atoms with E-state index in [1.807, 2.05) is 11.3 Å². The van der Waals surface area contributed by atoms with Crippen LogP contribution < -0.4 is 0 Å². The third kappa shape index (κ3) is 4.77. The molecular weight excluding hydrogens is 663 g/mol. The van der Waals surface area contributed by atoms with Gasteiger partial charge in [-0.1, -0.05) is 158 Å². The zero-order valence-electron chi connectivity index (χ0n) is 28.5. The molecule has 0 N–H and O–H groups in total. The summed E-state index contributed by atoms with van der Waals surface area (Å²) >= 11 is 1.84. The minimum Gasteiger partial charge on any atom is -0.208 e. The van der Waals surface area contributed by atoms with Crippen molar-refractivity contribution >= 4 is 74.6 Å². The van der Waals surface area contributed by atoms with Crippen molar-refractivity contribution in [2.45, 2.75) is 0 Å². The molecule has 0 aliphatic rings. The maximum absolute atomic E-state index is 5.49. The van der Waals surface area contributed by atoms with E-state index in [4.69, 9.17) is 15.0 Å². The Bertz CT molecular complexity index is 3240. The molecule has 0 amide bonds. The van der Waals surface area contributed by atoms with Crippen molar-refractivity contribution in [2.75, 3.05) is 0 Å². The normalized spacial score (nSPS) is 11.8. The van der Waals surface area contributed by atoms with E-state index in [0.29, 0.717) is 17.5 Å². The predicted octanol–water partition coefficient (Wildman–Crippen LogP) is 13.5. The van der Waals surface area contributed by atoms with E-state index in [1.165, 1.54) is 52.8 Å². The molecular formula is C49H29N3S. The van der Waals surface area contributed by atoms with Gasteiger partial charge in [0.2, 0.25) is 0 Å². The van der Waals surface area contributed by atoms with Gasteiger partial charge in [-0.15, -0.1) is 11.3 Å². The number of aromatic nitrogens is 3. The summed E-state index contributed by atoms with van der Waals surface area (Å²) in [6.45, 7) is 0. The lowest BCUT2D eigenvalue weighted by Gasteiger charge is -2.16. The average molecular weight is 692 g/mol. The van der Waals surface area contributed by atoms with Crippen LogP contribution in [0, 0.1) is 0 Å². The van der Waals surface area contributed by atoms with Gasteiger partial charge < -0.3 is 0 Å². The molecule has 4 heteroatoms. The molecule has 2 heterocycles. The Morgan fingerprint density at radius 1 is 0.340 bits per heavy atom. The largest absolute Gasteiger partial charge is 0.208 e. The van der Waals surface area contributed by atoms with Crippen LogP contribution in [0.15, 0.2) is 176 Å². The number of fused-ring (bicyclic) bond motifs is 8. The number of rotatable bonds is 4. The van der Waals surface area contributed by atoms with Gasteiger partial charge in [0.15, 0.2) is 17.5 Å². The van der Waals surface area contributed by atoms with Gasteiger partial charge in [-0.05, 0) is 66.9 Å². The minimum absolute atomic E-state index is 0.650. The van der Waals surface area contributed by atoms with Gasteiger partial charge in [-0.2, -0.15) is 0 Å². The summed E-state index contributed by atoms with van der Waals surface area (Å²) in [5.74, 6) is 1.97. The van der Waals surface area contributed by atoms with Crippen molar-refractivity contribution in [3.05, 3.63) is 176 Å². The van der Waals surface area contributed by atoms with Crippen LogP contribution >= 0.6 is 11.3 Å². The fourth-order valence-electron chi connectivity index (χ4n) is 8.07. The van der Waals surface area contributed by atoms with Gasteiger partial charge >= 0.3 is 0 Å². The van der Waals surface area contributed by atoms with Gasteiger partial charge in [0.05, 0.1) is 0 Å². The first-order valence-electron chi connectivity index (χ1n) is 17.9. The highest BCUT2D eigenvalue weighted by molar-refractivity contribution is 7.26. The summed E-state index contributed by atoms with van der Waals surface area (Å²) in [6.07, 6.45) is 0. The van der Waals surface area contributed by atoms with Crippen molar-refractivity contribution < 1.29 is 0 Å². The van der Waals surface area contributed by atoms with Crippen molar-refractivity contribution in [3.63, 3.8) is 0 Å². The van der Waals surface area contributed by atoms with Crippen molar-refractivity contribution in [1.82, 2.24) is 15.0 Å². The molecule has 11 rings (SSSR count). The second-order valence-corrected chi connectivity index (χ2v) is 14.6. The molecule has 0 fully saturated rings. The van der Waals surface area contributed by atoms with Crippen LogP contribution in [0.2, 0.25) is 0 Å². The molecule has 0 spiro atoms. The van der Waals surface area contributed by atoms with Gasteiger partial charge in [0, 0.05) is 42.4 Å². The molecule has 11 aromatic rings. The van der Waals surface area contributed by atoms with E-state index >= 15 is 0 Å². The van der Waals surface area contributed by atoms with Crippen LogP contribution in [0.25, 0.3) is 109 Å². The van der Waals surface area contributed by atoms with Crippen LogP contribution in [0.1, 0.15) is 0 Å². The van der Waals surface area contributed by atoms with Crippen LogP contribution in [0.5, 0.6) is 0 Å². The molecule has 9 aromatic carbocycles. The standard InChI is InChI=1S/C49H29N3S/c1-2-15-31(16-3-1)43-38-22-10-11-23-39(38)45(44-40-24-12-13-25-42(40)53-46(43)44)49-51-47(34-27-26-30-14-4-5-17-32(30)28-34)50-48(52-49)41-29-33-18-6-7-19-35(33)36-20-8-9-21-37(36)41/h1-29H. The van der Waals surface area contributed by atoms with E-state index in [-0.39, 0.29) is 0 Å². The second-order valence-electron chi connectivity index (χ2n) is 13.5. The van der Waals surface area contributed by atoms with Crippen LogP contribution in [0.3, 0.4) is 0 Å². The van der Waals surface area contributed by atoms with Gasteiger partial charge in [-0.3, -0.25) is 0 Å². The molecule has 0 aliphatic carbocycles. The number of thiophene rings is 1. The van der Waals surface area contributed by atoms with Crippen LogP contribution in [-0.4, -0.2) is 15.0 Å². The fourth-order valence-corrected chi connectivity index (χ4v) is 9.36. The number of nitrogens with zero attached hydrogens (tertiary/aromatic N) is 3. The molecule has 0 unspecified atom stereocenters. The quantitative estimate of drug-likeness (QED) is 0.172. The molecule has 0 saturated heterocycles. The first-order chi connectivity index (χ1) is 26.3. The van der Waals surface area contributed by atoms with E-state index in [9.17, 15) is 0 Å². The Morgan fingerprint density at radius 3 is 1.74 bits per heavy atom. The molecule has 0 radical (unpaired) electrons. The van der Waals surface area contributed by atoms with Crippen molar-refractivity contribution in [3.8, 4) is 45.3 Å². The second kappa shape index (κ2) is 11.9. The average Bonchev–Trinajstić information content (AvgIpc) is 3.61. The van der Waals surface area contributed by atoms with Gasteiger partial charge in [0.1, 0.15) is 0 Å². The number of hydrogen-bond donors (Lipinski definition) is 0. The lowest BCUT2D eigenvalue weighted by molar-refractivity contribution is 1.08. The van der Waals surface area contributed by atoms with Crippen molar-refractivity contribution in [2.24, 2.45) is 0 Å². The van der Waals surface area contributed by atoms with Crippen LogP contribution in [-0.2, 0) is 0 Å². The molecule has 53 heavy (non-hydrogen) atoms.